The second kappa shape index (κ2) is 4.66. The summed E-state index contributed by atoms with van der Waals surface area (Å²) in [5.41, 5.74) is 3.27. The number of benzene rings is 1. The second-order valence-electron chi connectivity index (χ2n) is 4.19. The van der Waals surface area contributed by atoms with Gasteiger partial charge < -0.3 is 9.64 Å². The molecule has 1 heterocycles. The first-order chi connectivity index (χ1) is 7.70. The number of carbonyl (C=O) groups excluding carboxylic acids is 1. The lowest BCUT2D eigenvalue weighted by Crippen LogP contribution is -2.26. The summed E-state index contributed by atoms with van der Waals surface area (Å²) in [6.07, 6.45) is 1.01. The highest BCUT2D eigenvalue weighted by atomic mass is 16.5. The van der Waals surface area contributed by atoms with E-state index in [4.69, 9.17) is 4.74 Å². The van der Waals surface area contributed by atoms with E-state index in [1.807, 2.05) is 25.1 Å². The highest BCUT2D eigenvalue weighted by molar-refractivity contribution is 5.89. The standard InChI is InChI=1S/C13H17NO2/c1-3-16-13(15)11-4-5-12-9-14(2)7-6-10(12)8-11/h4-5,8H,3,6-7,9H2,1-2H3. The Morgan fingerprint density at radius 1 is 1.44 bits per heavy atom. The van der Waals surface area contributed by atoms with E-state index in [2.05, 4.69) is 11.9 Å². The minimum Gasteiger partial charge on any atom is -0.462 e. The fraction of sp³-hybridized carbons (Fsp3) is 0.462. The zero-order chi connectivity index (χ0) is 11.5. The van der Waals surface area contributed by atoms with Crippen LogP contribution in [-0.2, 0) is 17.7 Å². The van der Waals surface area contributed by atoms with Crippen LogP contribution in [0.15, 0.2) is 18.2 Å². The van der Waals surface area contributed by atoms with Crippen LogP contribution in [0, 0.1) is 0 Å². The maximum absolute atomic E-state index is 11.6. The predicted molar refractivity (Wildman–Crippen MR) is 62.4 cm³/mol. The predicted octanol–water partition coefficient (Wildman–Crippen LogP) is 1.85. The molecule has 86 valence electrons. The molecule has 1 aromatic rings. The number of carbonyl (C=O) groups is 1. The number of hydrogen-bond donors (Lipinski definition) is 0. The Morgan fingerprint density at radius 2 is 2.25 bits per heavy atom. The first-order valence-electron chi connectivity index (χ1n) is 5.68. The minimum atomic E-state index is -0.218. The maximum Gasteiger partial charge on any atom is 0.338 e. The number of hydrogen-bond acceptors (Lipinski definition) is 3. The zero-order valence-electron chi connectivity index (χ0n) is 9.82. The van der Waals surface area contributed by atoms with Crippen LogP contribution >= 0.6 is 0 Å². The third kappa shape index (κ3) is 2.25. The number of rotatable bonds is 2. The molecule has 3 heteroatoms. The Morgan fingerprint density at radius 3 is 3.00 bits per heavy atom. The summed E-state index contributed by atoms with van der Waals surface area (Å²) in [5, 5.41) is 0. The highest BCUT2D eigenvalue weighted by Gasteiger charge is 2.15. The van der Waals surface area contributed by atoms with Crippen molar-refractivity contribution in [2.45, 2.75) is 19.9 Å². The van der Waals surface area contributed by atoms with Gasteiger partial charge in [0.05, 0.1) is 12.2 Å². The van der Waals surface area contributed by atoms with Gasteiger partial charge in [0.1, 0.15) is 0 Å². The molecule has 1 aliphatic rings. The van der Waals surface area contributed by atoms with Crippen LogP contribution in [-0.4, -0.2) is 31.1 Å². The van der Waals surface area contributed by atoms with Gasteiger partial charge in [0.15, 0.2) is 0 Å². The fourth-order valence-electron chi connectivity index (χ4n) is 2.04. The average Bonchev–Trinajstić information content (AvgIpc) is 2.28. The van der Waals surface area contributed by atoms with Gasteiger partial charge in [-0.3, -0.25) is 0 Å². The number of nitrogens with zero attached hydrogens (tertiary/aromatic N) is 1. The lowest BCUT2D eigenvalue weighted by molar-refractivity contribution is 0.0526. The van der Waals surface area contributed by atoms with Gasteiger partial charge in [0, 0.05) is 13.1 Å². The summed E-state index contributed by atoms with van der Waals surface area (Å²) in [7, 11) is 2.11. The van der Waals surface area contributed by atoms with Crippen LogP contribution in [0.2, 0.25) is 0 Å². The molecule has 0 bridgehead atoms. The van der Waals surface area contributed by atoms with E-state index < -0.39 is 0 Å². The van der Waals surface area contributed by atoms with E-state index in [0.717, 1.165) is 19.5 Å². The summed E-state index contributed by atoms with van der Waals surface area (Å²) >= 11 is 0. The van der Waals surface area contributed by atoms with Crippen molar-refractivity contribution in [3.8, 4) is 0 Å². The molecule has 0 aliphatic carbocycles. The highest BCUT2D eigenvalue weighted by Crippen LogP contribution is 2.19. The number of esters is 1. The zero-order valence-corrected chi connectivity index (χ0v) is 9.82. The van der Waals surface area contributed by atoms with Crippen molar-refractivity contribution in [2.24, 2.45) is 0 Å². The third-order valence-corrected chi connectivity index (χ3v) is 2.92. The van der Waals surface area contributed by atoms with Gasteiger partial charge in [0.25, 0.3) is 0 Å². The van der Waals surface area contributed by atoms with Crippen LogP contribution in [0.5, 0.6) is 0 Å². The molecule has 1 aliphatic heterocycles. The van der Waals surface area contributed by atoms with E-state index in [1.165, 1.54) is 11.1 Å². The molecule has 0 spiro atoms. The topological polar surface area (TPSA) is 29.5 Å². The Balaban J connectivity index is 2.22. The van der Waals surface area contributed by atoms with Crippen molar-refractivity contribution in [2.75, 3.05) is 20.2 Å². The van der Waals surface area contributed by atoms with Gasteiger partial charge in [-0.2, -0.15) is 0 Å². The maximum atomic E-state index is 11.6. The van der Waals surface area contributed by atoms with Crippen LogP contribution in [0.3, 0.4) is 0 Å². The molecule has 1 aromatic carbocycles. The average molecular weight is 219 g/mol. The molecular weight excluding hydrogens is 202 g/mol. The molecule has 0 radical (unpaired) electrons. The first-order valence-corrected chi connectivity index (χ1v) is 5.68. The first kappa shape index (κ1) is 11.1. The number of ether oxygens (including phenoxy) is 1. The van der Waals surface area contributed by atoms with Gasteiger partial charge in [-0.25, -0.2) is 4.79 Å². The molecule has 2 rings (SSSR count). The van der Waals surface area contributed by atoms with Crippen molar-refractivity contribution < 1.29 is 9.53 Å². The van der Waals surface area contributed by atoms with Crippen LogP contribution < -0.4 is 0 Å². The Bertz CT molecular complexity index is 401. The molecule has 0 N–H and O–H groups in total. The van der Waals surface area contributed by atoms with Crippen molar-refractivity contribution in [3.05, 3.63) is 34.9 Å². The lowest BCUT2D eigenvalue weighted by atomic mass is 9.98. The summed E-state index contributed by atoms with van der Waals surface area (Å²) < 4.78 is 4.99. The van der Waals surface area contributed by atoms with Crippen molar-refractivity contribution >= 4 is 5.97 Å². The molecular formula is C13H17NO2. The lowest BCUT2D eigenvalue weighted by Gasteiger charge is -2.25. The molecule has 0 fully saturated rings. The SMILES string of the molecule is CCOC(=O)c1ccc2c(c1)CCN(C)C2. The molecule has 0 saturated heterocycles. The van der Waals surface area contributed by atoms with Crippen LogP contribution in [0.1, 0.15) is 28.4 Å². The van der Waals surface area contributed by atoms with E-state index in [1.54, 1.807) is 0 Å². The minimum absolute atomic E-state index is 0.218. The second-order valence-corrected chi connectivity index (χ2v) is 4.19. The van der Waals surface area contributed by atoms with E-state index in [-0.39, 0.29) is 5.97 Å². The summed E-state index contributed by atoms with van der Waals surface area (Å²) in [5.74, 6) is -0.218. The summed E-state index contributed by atoms with van der Waals surface area (Å²) in [4.78, 5) is 13.8. The third-order valence-electron chi connectivity index (χ3n) is 2.92. The fourth-order valence-corrected chi connectivity index (χ4v) is 2.04. The van der Waals surface area contributed by atoms with Crippen molar-refractivity contribution in [1.29, 1.82) is 0 Å². The smallest absolute Gasteiger partial charge is 0.338 e. The molecule has 3 nitrogen and oxygen atoms in total. The molecule has 0 amide bonds. The van der Waals surface area contributed by atoms with E-state index >= 15 is 0 Å². The van der Waals surface area contributed by atoms with Crippen LogP contribution in [0.4, 0.5) is 0 Å². The summed E-state index contributed by atoms with van der Waals surface area (Å²) in [6, 6.07) is 5.87. The molecule has 0 aromatic heterocycles. The number of fused-ring (bicyclic) bond motifs is 1. The van der Waals surface area contributed by atoms with Crippen LogP contribution in [0.25, 0.3) is 0 Å². The van der Waals surface area contributed by atoms with Gasteiger partial charge in [-0.05, 0) is 43.7 Å². The van der Waals surface area contributed by atoms with Gasteiger partial charge in [-0.15, -0.1) is 0 Å². The monoisotopic (exact) mass is 219 g/mol. The number of likely N-dealkylation sites (N-methyl/N-ethyl adjacent to an activating group) is 1. The molecule has 0 saturated carbocycles. The quantitative estimate of drug-likeness (QED) is 0.711. The van der Waals surface area contributed by atoms with Gasteiger partial charge in [0.2, 0.25) is 0 Å². The van der Waals surface area contributed by atoms with Gasteiger partial charge in [-0.1, -0.05) is 6.07 Å². The Kier molecular flexibility index (Phi) is 3.25. The Hall–Kier alpha value is -1.35. The molecule has 0 unspecified atom stereocenters. The van der Waals surface area contributed by atoms with Crippen molar-refractivity contribution in [1.82, 2.24) is 4.90 Å². The molecule has 0 atom stereocenters. The normalized spacial score (nSPS) is 15.6. The Labute approximate surface area is 96.0 Å². The summed E-state index contributed by atoms with van der Waals surface area (Å²) in [6.45, 7) is 4.28. The van der Waals surface area contributed by atoms with Crippen molar-refractivity contribution in [3.63, 3.8) is 0 Å². The van der Waals surface area contributed by atoms with E-state index in [9.17, 15) is 4.79 Å². The van der Waals surface area contributed by atoms with Gasteiger partial charge >= 0.3 is 5.97 Å². The van der Waals surface area contributed by atoms with E-state index in [0.29, 0.717) is 12.2 Å². The molecule has 16 heavy (non-hydrogen) atoms. The largest absolute Gasteiger partial charge is 0.462 e.